The van der Waals surface area contributed by atoms with Crippen molar-refractivity contribution in [3.8, 4) is 0 Å². The highest BCUT2D eigenvalue weighted by Crippen LogP contribution is 2.32. The summed E-state index contributed by atoms with van der Waals surface area (Å²) in [7, 11) is 0. The van der Waals surface area contributed by atoms with Gasteiger partial charge >= 0.3 is 0 Å². The Morgan fingerprint density at radius 1 is 1.25 bits per heavy atom. The Morgan fingerprint density at radius 2 is 2.04 bits per heavy atom. The number of aromatic nitrogens is 1. The maximum Gasteiger partial charge on any atom is 0.270 e. The number of hydrazone groups is 1. The van der Waals surface area contributed by atoms with E-state index in [4.69, 9.17) is 4.99 Å². The maximum absolute atomic E-state index is 12.5. The Kier molecular flexibility index (Phi) is 7.10. The first-order chi connectivity index (χ1) is 13.1. The molecule has 1 aromatic rings. The number of hydrogen-bond acceptors (Lipinski definition) is 4. The average Bonchev–Trinajstić information content (AvgIpc) is 3.38. The van der Waals surface area contributed by atoms with Gasteiger partial charge in [-0.1, -0.05) is 38.5 Å². The summed E-state index contributed by atoms with van der Waals surface area (Å²) < 4.78 is 0. The molecule has 3 aliphatic rings. The zero-order valence-corrected chi connectivity index (χ0v) is 18.2. The number of carbonyl (C=O) groups is 1. The quantitative estimate of drug-likeness (QED) is 0.774. The smallest absolute Gasteiger partial charge is 0.270 e. The third-order valence-corrected chi connectivity index (χ3v) is 7.11. The van der Waals surface area contributed by atoms with Crippen LogP contribution in [0.4, 0.5) is 0 Å². The highest BCUT2D eigenvalue weighted by molar-refractivity contribution is 8.14. The Balaban J connectivity index is 0.00000225. The third kappa shape index (κ3) is 4.57. The minimum absolute atomic E-state index is 0. The number of aliphatic imine (C=N–C) groups is 1. The number of amidine groups is 1. The largest absolute Gasteiger partial charge is 0.357 e. The molecular weight excluding hydrogens is 394 g/mol. The minimum Gasteiger partial charge on any atom is -0.357 e. The van der Waals surface area contributed by atoms with Gasteiger partial charge in [-0.25, -0.2) is 0 Å². The van der Waals surface area contributed by atoms with Gasteiger partial charge in [-0.15, -0.1) is 12.4 Å². The summed E-state index contributed by atoms with van der Waals surface area (Å²) in [5.41, 5.74) is 5.73. The van der Waals surface area contributed by atoms with Crippen molar-refractivity contribution in [2.24, 2.45) is 21.9 Å². The first-order valence-corrected chi connectivity index (χ1v) is 11.1. The molecular formula is C20H30ClN5OS. The van der Waals surface area contributed by atoms with Crippen LogP contribution in [0.3, 0.4) is 0 Å². The van der Waals surface area contributed by atoms with Crippen molar-refractivity contribution < 1.29 is 4.79 Å². The van der Waals surface area contributed by atoms with Crippen LogP contribution >= 0.6 is 24.2 Å². The van der Waals surface area contributed by atoms with Crippen molar-refractivity contribution in [3.63, 3.8) is 0 Å². The van der Waals surface area contributed by atoms with Gasteiger partial charge in [-0.05, 0) is 37.2 Å². The van der Waals surface area contributed by atoms with Crippen molar-refractivity contribution in [2.45, 2.75) is 52.0 Å². The molecule has 1 amide bonds. The molecule has 2 fully saturated rings. The van der Waals surface area contributed by atoms with Crippen molar-refractivity contribution in [1.82, 2.24) is 15.3 Å². The number of likely N-dealkylation sites (tertiary alicyclic amines) is 1. The summed E-state index contributed by atoms with van der Waals surface area (Å²) in [5.74, 6) is 2.24. The highest BCUT2D eigenvalue weighted by atomic mass is 35.5. The molecule has 0 bridgehead atoms. The Morgan fingerprint density at radius 3 is 2.75 bits per heavy atom. The topological polar surface area (TPSA) is 72.8 Å². The monoisotopic (exact) mass is 423 g/mol. The molecule has 3 atom stereocenters. The normalized spacial score (nSPS) is 29.2. The number of hydrogen-bond donors (Lipinski definition) is 2. The predicted octanol–water partition coefficient (Wildman–Crippen LogP) is 3.89. The molecule has 0 spiro atoms. The zero-order chi connectivity index (χ0) is 18.8. The van der Waals surface area contributed by atoms with Crippen LogP contribution in [0.25, 0.3) is 0 Å². The Bertz CT molecular complexity index is 756. The second kappa shape index (κ2) is 9.35. The van der Waals surface area contributed by atoms with Crippen LogP contribution in [0.5, 0.6) is 0 Å². The summed E-state index contributed by atoms with van der Waals surface area (Å²) in [5, 5.41) is 5.46. The first kappa shape index (κ1) is 21.2. The van der Waals surface area contributed by atoms with Crippen LogP contribution in [0.2, 0.25) is 0 Å². The fourth-order valence-electron chi connectivity index (χ4n) is 4.19. The second-order valence-electron chi connectivity index (χ2n) is 8.03. The van der Waals surface area contributed by atoms with Crippen molar-refractivity contribution in [1.29, 1.82) is 0 Å². The van der Waals surface area contributed by atoms with E-state index in [9.17, 15) is 4.79 Å². The van der Waals surface area contributed by atoms with Gasteiger partial charge in [0.25, 0.3) is 5.91 Å². The lowest BCUT2D eigenvalue weighted by Crippen LogP contribution is -2.32. The number of aromatic amines is 1. The van der Waals surface area contributed by atoms with Gasteiger partial charge in [0.1, 0.15) is 5.69 Å². The third-order valence-electron chi connectivity index (χ3n) is 6.22. The number of rotatable bonds is 3. The number of halogens is 1. The summed E-state index contributed by atoms with van der Waals surface area (Å²) in [4.78, 5) is 22.5. The number of thioether (sulfide) groups is 1. The molecule has 4 rings (SSSR count). The number of H-pyrrole nitrogens is 1. The van der Waals surface area contributed by atoms with E-state index in [1.54, 1.807) is 11.8 Å². The molecule has 154 valence electrons. The lowest BCUT2D eigenvalue weighted by Gasteiger charge is -2.32. The molecule has 6 nitrogen and oxygen atoms in total. The Labute approximate surface area is 177 Å². The van der Waals surface area contributed by atoms with E-state index in [0.29, 0.717) is 17.7 Å². The standard InChI is InChI=1S/C20H29N5OS.ClH/c1-13-6-5-7-16(14(13)2)22-20-24-23-18(12-27-20)15-10-17(21-11-15)19(26)25-8-3-4-9-25;/h10-11,13-14,16,21H,3-9,12H2,1-2H3,(H,22,24);1H. The second-order valence-corrected chi connectivity index (χ2v) is 8.99. The van der Waals surface area contributed by atoms with Crippen LogP contribution in [-0.4, -0.2) is 51.6 Å². The van der Waals surface area contributed by atoms with E-state index >= 15 is 0 Å². The number of nitrogens with one attached hydrogen (secondary N) is 2. The highest BCUT2D eigenvalue weighted by Gasteiger charge is 2.28. The minimum atomic E-state index is 0. The molecule has 0 radical (unpaired) electrons. The number of carbonyl (C=O) groups excluding carboxylic acids is 1. The van der Waals surface area contributed by atoms with E-state index in [-0.39, 0.29) is 18.3 Å². The molecule has 1 saturated carbocycles. The SMILES string of the molecule is CC1CCCC(N=C2NN=C(c3c[nH]c(C(=O)N4CCCC4)c3)CS2)C1C.Cl. The number of nitrogens with zero attached hydrogens (tertiary/aromatic N) is 3. The van der Waals surface area contributed by atoms with Gasteiger partial charge in [0.15, 0.2) is 5.17 Å². The summed E-state index contributed by atoms with van der Waals surface area (Å²) in [6, 6.07) is 2.33. The van der Waals surface area contributed by atoms with Gasteiger partial charge < -0.3 is 9.88 Å². The van der Waals surface area contributed by atoms with Crippen molar-refractivity contribution in [3.05, 3.63) is 23.5 Å². The molecule has 2 aliphatic heterocycles. The zero-order valence-electron chi connectivity index (χ0n) is 16.6. The molecule has 3 unspecified atom stereocenters. The van der Waals surface area contributed by atoms with Gasteiger partial charge in [0.2, 0.25) is 0 Å². The van der Waals surface area contributed by atoms with Crippen LogP contribution in [0.15, 0.2) is 22.4 Å². The summed E-state index contributed by atoms with van der Waals surface area (Å²) in [6.07, 6.45) is 7.85. The lowest BCUT2D eigenvalue weighted by molar-refractivity contribution is 0.0787. The lowest BCUT2D eigenvalue weighted by atomic mass is 9.78. The molecule has 1 saturated heterocycles. The van der Waals surface area contributed by atoms with Gasteiger partial charge in [-0.2, -0.15) is 5.10 Å². The van der Waals surface area contributed by atoms with E-state index in [1.165, 1.54) is 19.3 Å². The van der Waals surface area contributed by atoms with Crippen molar-refractivity contribution >= 4 is 41.0 Å². The fourth-order valence-corrected chi connectivity index (χ4v) is 5.02. The van der Waals surface area contributed by atoms with Crippen molar-refractivity contribution in [2.75, 3.05) is 18.8 Å². The molecule has 1 aliphatic carbocycles. The molecule has 0 aromatic carbocycles. The van der Waals surface area contributed by atoms with Gasteiger partial charge in [0.05, 0.1) is 11.8 Å². The van der Waals surface area contributed by atoms with Crippen LogP contribution in [0, 0.1) is 11.8 Å². The molecule has 28 heavy (non-hydrogen) atoms. The predicted molar refractivity (Wildman–Crippen MR) is 119 cm³/mol. The summed E-state index contributed by atoms with van der Waals surface area (Å²) >= 11 is 1.70. The van der Waals surface area contributed by atoms with E-state index < -0.39 is 0 Å². The van der Waals surface area contributed by atoms with Gasteiger partial charge in [0, 0.05) is 30.6 Å². The van der Waals surface area contributed by atoms with Gasteiger partial charge in [-0.3, -0.25) is 15.2 Å². The van der Waals surface area contributed by atoms with E-state index in [2.05, 4.69) is 29.4 Å². The fraction of sp³-hybridized carbons (Fsp3) is 0.650. The first-order valence-electron chi connectivity index (χ1n) is 10.1. The molecule has 1 aromatic heterocycles. The van der Waals surface area contributed by atoms with E-state index in [0.717, 1.165) is 54.0 Å². The van der Waals surface area contributed by atoms with Crippen LogP contribution < -0.4 is 5.43 Å². The maximum atomic E-state index is 12.5. The average molecular weight is 424 g/mol. The molecule has 8 heteroatoms. The van der Waals surface area contributed by atoms with E-state index in [1.807, 2.05) is 17.2 Å². The Hall–Kier alpha value is -1.47. The molecule has 2 N–H and O–H groups in total. The van der Waals surface area contributed by atoms with Crippen LogP contribution in [0.1, 0.15) is 62.0 Å². The number of amides is 1. The van der Waals surface area contributed by atoms with Crippen LogP contribution in [-0.2, 0) is 0 Å². The summed E-state index contributed by atoms with van der Waals surface area (Å²) in [6.45, 7) is 6.38. The molecule has 3 heterocycles.